The summed E-state index contributed by atoms with van der Waals surface area (Å²) in [6.07, 6.45) is 3.98. The molecule has 0 aromatic heterocycles. The quantitative estimate of drug-likeness (QED) is 0.876. The minimum Gasteiger partial charge on any atom is -0.314 e. The van der Waals surface area contributed by atoms with E-state index in [2.05, 4.69) is 41.4 Å². The van der Waals surface area contributed by atoms with Gasteiger partial charge in [0, 0.05) is 32.2 Å². The van der Waals surface area contributed by atoms with E-state index in [-0.39, 0.29) is 0 Å². The Balaban J connectivity index is 1.79. The van der Waals surface area contributed by atoms with Gasteiger partial charge in [0.2, 0.25) is 0 Å². The summed E-state index contributed by atoms with van der Waals surface area (Å²) in [4.78, 5) is 2.69. The van der Waals surface area contributed by atoms with Crippen LogP contribution in [0, 0.1) is 5.92 Å². The maximum absolute atomic E-state index is 3.46. The van der Waals surface area contributed by atoms with Crippen molar-refractivity contribution in [1.29, 1.82) is 0 Å². The minimum atomic E-state index is 0.679. The summed E-state index contributed by atoms with van der Waals surface area (Å²) >= 11 is 0. The van der Waals surface area contributed by atoms with Gasteiger partial charge in [0.05, 0.1) is 0 Å². The van der Waals surface area contributed by atoms with E-state index in [1.165, 1.54) is 37.1 Å². The van der Waals surface area contributed by atoms with E-state index in [0.29, 0.717) is 6.04 Å². The second-order valence-corrected chi connectivity index (χ2v) is 5.66. The Kier molecular flexibility index (Phi) is 3.67. The van der Waals surface area contributed by atoms with Crippen molar-refractivity contribution in [2.45, 2.75) is 32.2 Å². The molecule has 3 rings (SSSR count). The van der Waals surface area contributed by atoms with Crippen LogP contribution in [-0.2, 0) is 6.42 Å². The highest BCUT2D eigenvalue weighted by Gasteiger charge is 2.36. The molecule has 2 nitrogen and oxygen atoms in total. The fraction of sp³-hybridized carbons (Fsp3) is 0.625. The van der Waals surface area contributed by atoms with E-state index in [0.717, 1.165) is 25.4 Å². The molecule has 0 amide bonds. The number of nitrogens with zero attached hydrogens (tertiary/aromatic N) is 1. The average Bonchev–Trinajstić information content (AvgIpc) is 3.26. The molecular formula is C16H24N2. The van der Waals surface area contributed by atoms with Gasteiger partial charge in [-0.05, 0) is 36.3 Å². The van der Waals surface area contributed by atoms with Gasteiger partial charge in [-0.3, -0.25) is 4.90 Å². The molecule has 2 aliphatic rings. The maximum Gasteiger partial charge on any atom is 0.0377 e. The maximum atomic E-state index is 3.46. The zero-order valence-electron chi connectivity index (χ0n) is 11.4. The van der Waals surface area contributed by atoms with Crippen molar-refractivity contribution in [3.63, 3.8) is 0 Å². The highest BCUT2D eigenvalue weighted by Crippen LogP contribution is 2.44. The van der Waals surface area contributed by atoms with E-state index in [1.807, 2.05) is 0 Å². The predicted molar refractivity (Wildman–Crippen MR) is 75.7 cm³/mol. The van der Waals surface area contributed by atoms with Crippen LogP contribution in [-0.4, -0.2) is 31.1 Å². The fourth-order valence-corrected chi connectivity index (χ4v) is 3.10. The summed E-state index contributed by atoms with van der Waals surface area (Å²) in [5, 5.41) is 3.46. The van der Waals surface area contributed by atoms with Gasteiger partial charge in [0.15, 0.2) is 0 Å². The molecule has 0 unspecified atom stereocenters. The third kappa shape index (κ3) is 2.60. The molecule has 0 radical (unpaired) electrons. The highest BCUT2D eigenvalue weighted by molar-refractivity contribution is 5.26. The lowest BCUT2D eigenvalue weighted by Crippen LogP contribution is -2.45. The van der Waals surface area contributed by atoms with Crippen LogP contribution in [0.5, 0.6) is 0 Å². The first-order valence-corrected chi connectivity index (χ1v) is 7.42. The number of hydrogen-bond acceptors (Lipinski definition) is 2. The monoisotopic (exact) mass is 244 g/mol. The van der Waals surface area contributed by atoms with Crippen LogP contribution in [0.1, 0.15) is 36.9 Å². The second kappa shape index (κ2) is 5.41. The average molecular weight is 244 g/mol. The van der Waals surface area contributed by atoms with Gasteiger partial charge < -0.3 is 5.32 Å². The summed E-state index contributed by atoms with van der Waals surface area (Å²) in [5.74, 6) is 0.913. The second-order valence-electron chi connectivity index (χ2n) is 5.66. The third-order valence-electron chi connectivity index (χ3n) is 4.34. The van der Waals surface area contributed by atoms with E-state index in [4.69, 9.17) is 0 Å². The van der Waals surface area contributed by atoms with Crippen molar-refractivity contribution in [2.24, 2.45) is 5.92 Å². The third-order valence-corrected chi connectivity index (χ3v) is 4.34. The SMILES string of the molecule is CCc1ccc([C@@H](C2CC2)N2CCNCC2)cc1. The molecule has 1 N–H and O–H groups in total. The molecule has 2 heteroatoms. The van der Waals surface area contributed by atoms with Gasteiger partial charge in [-0.25, -0.2) is 0 Å². The normalized spacial score (nSPS) is 22.9. The summed E-state index contributed by atoms with van der Waals surface area (Å²) in [7, 11) is 0. The lowest BCUT2D eigenvalue weighted by atomic mass is 9.98. The smallest absolute Gasteiger partial charge is 0.0377 e. The Bertz CT molecular complexity index is 375. The summed E-state index contributed by atoms with van der Waals surface area (Å²) in [5.41, 5.74) is 2.99. The zero-order valence-corrected chi connectivity index (χ0v) is 11.4. The molecule has 0 spiro atoms. The first-order chi connectivity index (χ1) is 8.88. The van der Waals surface area contributed by atoms with Crippen molar-refractivity contribution < 1.29 is 0 Å². The minimum absolute atomic E-state index is 0.679. The Labute approximate surface area is 110 Å². The number of rotatable bonds is 4. The molecule has 1 heterocycles. The first kappa shape index (κ1) is 12.2. The number of nitrogens with one attached hydrogen (secondary N) is 1. The van der Waals surface area contributed by atoms with Crippen molar-refractivity contribution in [2.75, 3.05) is 26.2 Å². The van der Waals surface area contributed by atoms with E-state index >= 15 is 0 Å². The number of aryl methyl sites for hydroxylation is 1. The van der Waals surface area contributed by atoms with E-state index < -0.39 is 0 Å². The molecule has 1 atom stereocenters. The molecular weight excluding hydrogens is 220 g/mol. The van der Waals surface area contributed by atoms with Crippen LogP contribution in [0.2, 0.25) is 0 Å². The van der Waals surface area contributed by atoms with Crippen LogP contribution in [0.3, 0.4) is 0 Å². The van der Waals surface area contributed by atoms with Gasteiger partial charge >= 0.3 is 0 Å². The van der Waals surface area contributed by atoms with Gasteiger partial charge in [0.1, 0.15) is 0 Å². The van der Waals surface area contributed by atoms with Crippen molar-refractivity contribution in [1.82, 2.24) is 10.2 Å². The number of hydrogen-bond donors (Lipinski definition) is 1. The lowest BCUT2D eigenvalue weighted by molar-refractivity contribution is 0.156. The van der Waals surface area contributed by atoms with Crippen LogP contribution in [0.25, 0.3) is 0 Å². The largest absolute Gasteiger partial charge is 0.314 e. The zero-order chi connectivity index (χ0) is 12.4. The fourth-order valence-electron chi connectivity index (χ4n) is 3.10. The van der Waals surface area contributed by atoms with Gasteiger partial charge in [-0.15, -0.1) is 0 Å². The van der Waals surface area contributed by atoms with Crippen molar-refractivity contribution in [3.05, 3.63) is 35.4 Å². The van der Waals surface area contributed by atoms with Gasteiger partial charge in [-0.1, -0.05) is 31.2 Å². The van der Waals surface area contributed by atoms with Crippen LogP contribution < -0.4 is 5.32 Å². The topological polar surface area (TPSA) is 15.3 Å². The Hall–Kier alpha value is -0.860. The molecule has 0 bridgehead atoms. The summed E-state index contributed by atoms with van der Waals surface area (Å²) in [6.45, 7) is 6.93. The standard InChI is InChI=1S/C16H24N2/c1-2-13-3-5-14(6-4-13)16(15-7-8-15)18-11-9-17-10-12-18/h3-6,15-17H,2,7-12H2,1H3/t16-/m0/s1. The molecule has 1 aromatic rings. The van der Waals surface area contributed by atoms with Gasteiger partial charge in [-0.2, -0.15) is 0 Å². The lowest BCUT2D eigenvalue weighted by Gasteiger charge is -2.35. The molecule has 98 valence electrons. The van der Waals surface area contributed by atoms with Crippen molar-refractivity contribution in [3.8, 4) is 0 Å². The molecule has 1 saturated heterocycles. The Morgan fingerprint density at radius 1 is 1.17 bits per heavy atom. The van der Waals surface area contributed by atoms with E-state index in [1.54, 1.807) is 0 Å². The Morgan fingerprint density at radius 3 is 2.39 bits per heavy atom. The summed E-state index contributed by atoms with van der Waals surface area (Å²) in [6, 6.07) is 10.0. The molecule has 1 aliphatic heterocycles. The highest BCUT2D eigenvalue weighted by atomic mass is 15.2. The van der Waals surface area contributed by atoms with Crippen LogP contribution >= 0.6 is 0 Å². The molecule has 1 saturated carbocycles. The van der Waals surface area contributed by atoms with Crippen LogP contribution in [0.4, 0.5) is 0 Å². The first-order valence-electron chi connectivity index (χ1n) is 7.42. The summed E-state index contributed by atoms with van der Waals surface area (Å²) < 4.78 is 0. The van der Waals surface area contributed by atoms with Crippen molar-refractivity contribution >= 4 is 0 Å². The predicted octanol–water partition coefficient (Wildman–Crippen LogP) is 2.61. The number of benzene rings is 1. The number of piperazine rings is 1. The molecule has 1 aromatic carbocycles. The molecule has 2 fully saturated rings. The Morgan fingerprint density at radius 2 is 1.83 bits per heavy atom. The molecule has 18 heavy (non-hydrogen) atoms. The molecule has 1 aliphatic carbocycles. The van der Waals surface area contributed by atoms with E-state index in [9.17, 15) is 0 Å². The van der Waals surface area contributed by atoms with Gasteiger partial charge in [0.25, 0.3) is 0 Å². The van der Waals surface area contributed by atoms with Crippen LogP contribution in [0.15, 0.2) is 24.3 Å².